The number of rotatable bonds is 8. The molecule has 172 valence electrons. The van der Waals surface area contributed by atoms with Crippen LogP contribution in [0.25, 0.3) is 0 Å². The Hall–Kier alpha value is -2.88. The van der Waals surface area contributed by atoms with Crippen molar-refractivity contribution >= 4 is 41.5 Å². The zero-order chi connectivity index (χ0) is 23.1. The topological polar surface area (TPSA) is 122 Å². The number of ether oxygens (including phenoxy) is 1. The summed E-state index contributed by atoms with van der Waals surface area (Å²) in [6.07, 6.45) is 6.97. The molecule has 1 aromatic carbocycles. The number of carbonyl (C=O) groups is 5. The number of hydrogen-bond acceptors (Lipinski definition) is 7. The molecule has 0 radical (unpaired) electrons. The van der Waals surface area contributed by atoms with Gasteiger partial charge in [0.15, 0.2) is 6.61 Å². The fourth-order valence-electron chi connectivity index (χ4n) is 3.94. The molecule has 1 aromatic rings. The first-order chi connectivity index (χ1) is 15.4. The van der Waals surface area contributed by atoms with Crippen molar-refractivity contribution in [3.63, 3.8) is 0 Å². The lowest BCUT2D eigenvalue weighted by Crippen LogP contribution is -2.48. The van der Waals surface area contributed by atoms with E-state index >= 15 is 0 Å². The Kier molecular flexibility index (Phi) is 8.26. The minimum atomic E-state index is -1.15. The molecule has 3 rings (SSSR count). The van der Waals surface area contributed by atoms with E-state index in [0.29, 0.717) is 5.75 Å². The number of nitrogens with zero attached hydrogens (tertiary/aromatic N) is 1. The number of amides is 5. The second-order valence-electron chi connectivity index (χ2n) is 7.79. The van der Waals surface area contributed by atoms with Crippen molar-refractivity contribution in [2.45, 2.75) is 50.6 Å². The summed E-state index contributed by atoms with van der Waals surface area (Å²) in [6, 6.07) is 4.60. The van der Waals surface area contributed by atoms with Crippen molar-refractivity contribution < 1.29 is 28.7 Å². The van der Waals surface area contributed by atoms with Crippen LogP contribution in [0.4, 0.5) is 4.79 Å². The van der Waals surface area contributed by atoms with Gasteiger partial charge in [-0.05, 0) is 43.4 Å². The van der Waals surface area contributed by atoms with E-state index in [9.17, 15) is 24.0 Å². The van der Waals surface area contributed by atoms with Gasteiger partial charge in [0.25, 0.3) is 17.7 Å². The number of imide groups is 2. The van der Waals surface area contributed by atoms with Gasteiger partial charge in [0.1, 0.15) is 6.04 Å². The van der Waals surface area contributed by atoms with Crippen molar-refractivity contribution in [1.29, 1.82) is 0 Å². The summed E-state index contributed by atoms with van der Waals surface area (Å²) < 4.78 is 5.08. The number of benzene rings is 1. The first-order valence-corrected chi connectivity index (χ1v) is 12.0. The molecule has 10 heteroatoms. The molecular formula is C22H27N3O6S. The van der Waals surface area contributed by atoms with Crippen LogP contribution < -0.4 is 10.6 Å². The predicted molar refractivity (Wildman–Crippen MR) is 118 cm³/mol. The molecule has 1 unspecified atom stereocenters. The van der Waals surface area contributed by atoms with E-state index < -0.39 is 42.4 Å². The highest BCUT2D eigenvalue weighted by Gasteiger charge is 2.43. The summed E-state index contributed by atoms with van der Waals surface area (Å²) in [7, 11) is 0. The van der Waals surface area contributed by atoms with Gasteiger partial charge in [-0.3, -0.25) is 24.6 Å². The lowest BCUT2D eigenvalue weighted by molar-refractivity contribution is -0.152. The van der Waals surface area contributed by atoms with E-state index in [1.54, 1.807) is 12.1 Å². The van der Waals surface area contributed by atoms with Gasteiger partial charge >= 0.3 is 12.0 Å². The average molecular weight is 462 g/mol. The fourth-order valence-corrected chi connectivity index (χ4v) is 4.40. The summed E-state index contributed by atoms with van der Waals surface area (Å²) in [5.74, 6) is -2.27. The molecule has 1 saturated carbocycles. The minimum Gasteiger partial charge on any atom is -0.454 e. The van der Waals surface area contributed by atoms with Gasteiger partial charge in [-0.25, -0.2) is 9.59 Å². The standard InChI is InChI=1S/C22H27N3O6S/c1-32-12-11-17(25-19(27)15-9-5-6-10-16(15)20(25)28)21(29)31-13-18(26)24-22(30)23-14-7-3-2-4-8-14/h5-6,9-10,14,17H,2-4,7-8,11-13H2,1H3,(H2,23,24,26,30). The number of esters is 1. The zero-order valence-corrected chi connectivity index (χ0v) is 18.7. The average Bonchev–Trinajstić information content (AvgIpc) is 3.04. The van der Waals surface area contributed by atoms with Gasteiger partial charge in [-0.15, -0.1) is 0 Å². The first kappa shape index (κ1) is 23.8. The monoisotopic (exact) mass is 461 g/mol. The molecule has 2 aliphatic rings. The molecule has 0 saturated heterocycles. The molecule has 0 bridgehead atoms. The van der Waals surface area contributed by atoms with Crippen LogP contribution in [-0.2, 0) is 14.3 Å². The van der Waals surface area contributed by atoms with Gasteiger partial charge in [-0.1, -0.05) is 31.4 Å². The Morgan fingerprint density at radius 1 is 1.09 bits per heavy atom. The maximum atomic E-state index is 12.7. The van der Waals surface area contributed by atoms with Crippen LogP contribution >= 0.6 is 11.8 Å². The molecule has 1 fully saturated rings. The highest BCUT2D eigenvalue weighted by Crippen LogP contribution is 2.26. The third kappa shape index (κ3) is 5.67. The third-order valence-corrected chi connectivity index (χ3v) is 6.19. The van der Waals surface area contributed by atoms with Crippen molar-refractivity contribution in [3.8, 4) is 0 Å². The number of urea groups is 1. The van der Waals surface area contributed by atoms with Gasteiger partial charge in [-0.2, -0.15) is 11.8 Å². The molecule has 2 N–H and O–H groups in total. The van der Waals surface area contributed by atoms with Crippen LogP contribution in [0.5, 0.6) is 0 Å². The van der Waals surface area contributed by atoms with Gasteiger partial charge in [0, 0.05) is 6.04 Å². The molecule has 1 aliphatic heterocycles. The second-order valence-corrected chi connectivity index (χ2v) is 8.77. The molecule has 1 heterocycles. The van der Waals surface area contributed by atoms with Gasteiger partial charge < -0.3 is 10.1 Å². The number of fused-ring (bicyclic) bond motifs is 1. The highest BCUT2D eigenvalue weighted by atomic mass is 32.2. The number of thioether (sulfide) groups is 1. The Morgan fingerprint density at radius 2 is 1.72 bits per heavy atom. The van der Waals surface area contributed by atoms with Crippen LogP contribution in [0.15, 0.2) is 24.3 Å². The molecule has 1 aliphatic carbocycles. The fraction of sp³-hybridized carbons (Fsp3) is 0.500. The molecular weight excluding hydrogens is 434 g/mol. The Balaban J connectivity index is 1.57. The lowest BCUT2D eigenvalue weighted by atomic mass is 9.96. The summed E-state index contributed by atoms with van der Waals surface area (Å²) in [5.41, 5.74) is 0.466. The highest BCUT2D eigenvalue weighted by molar-refractivity contribution is 7.98. The van der Waals surface area contributed by atoms with Crippen molar-refractivity contribution in [3.05, 3.63) is 35.4 Å². The lowest BCUT2D eigenvalue weighted by Gasteiger charge is -2.24. The molecule has 9 nitrogen and oxygen atoms in total. The van der Waals surface area contributed by atoms with E-state index in [2.05, 4.69) is 10.6 Å². The predicted octanol–water partition coefficient (Wildman–Crippen LogP) is 2.11. The van der Waals surface area contributed by atoms with Crippen LogP contribution in [0.3, 0.4) is 0 Å². The smallest absolute Gasteiger partial charge is 0.329 e. The normalized spacial score (nSPS) is 17.0. The zero-order valence-electron chi connectivity index (χ0n) is 17.9. The van der Waals surface area contributed by atoms with Crippen LogP contribution in [0, 0.1) is 0 Å². The van der Waals surface area contributed by atoms with Gasteiger partial charge in [0.2, 0.25) is 0 Å². The summed E-state index contributed by atoms with van der Waals surface area (Å²) in [6.45, 7) is -0.685. The maximum absolute atomic E-state index is 12.7. The third-order valence-electron chi connectivity index (χ3n) is 5.54. The van der Waals surface area contributed by atoms with E-state index in [-0.39, 0.29) is 23.6 Å². The van der Waals surface area contributed by atoms with Crippen molar-refractivity contribution in [1.82, 2.24) is 15.5 Å². The van der Waals surface area contributed by atoms with Gasteiger partial charge in [0.05, 0.1) is 11.1 Å². The Labute approximate surface area is 190 Å². The number of nitrogens with one attached hydrogen (secondary N) is 2. The first-order valence-electron chi connectivity index (χ1n) is 10.6. The largest absolute Gasteiger partial charge is 0.454 e. The summed E-state index contributed by atoms with van der Waals surface area (Å²) >= 11 is 1.45. The number of carbonyl (C=O) groups excluding carboxylic acids is 5. The van der Waals surface area contributed by atoms with E-state index in [1.807, 2.05) is 6.26 Å². The van der Waals surface area contributed by atoms with Crippen LogP contribution in [0.2, 0.25) is 0 Å². The summed E-state index contributed by atoms with van der Waals surface area (Å²) in [5, 5.41) is 4.89. The minimum absolute atomic E-state index is 0.0313. The molecule has 32 heavy (non-hydrogen) atoms. The van der Waals surface area contributed by atoms with Crippen molar-refractivity contribution in [2.75, 3.05) is 18.6 Å². The van der Waals surface area contributed by atoms with Crippen molar-refractivity contribution in [2.24, 2.45) is 0 Å². The van der Waals surface area contributed by atoms with E-state index in [4.69, 9.17) is 4.74 Å². The summed E-state index contributed by atoms with van der Waals surface area (Å²) in [4.78, 5) is 63.2. The molecule has 0 spiro atoms. The van der Waals surface area contributed by atoms with Crippen LogP contribution in [-0.4, -0.2) is 65.3 Å². The second kappa shape index (κ2) is 11.1. The quantitative estimate of drug-likeness (QED) is 0.449. The van der Waals surface area contributed by atoms with E-state index in [0.717, 1.165) is 37.0 Å². The SMILES string of the molecule is CSCCC(C(=O)OCC(=O)NC(=O)NC1CCCCC1)N1C(=O)c2ccccc2C1=O. The van der Waals surface area contributed by atoms with Crippen LogP contribution in [0.1, 0.15) is 59.2 Å². The number of hydrogen-bond donors (Lipinski definition) is 2. The molecule has 1 atom stereocenters. The Morgan fingerprint density at radius 3 is 2.31 bits per heavy atom. The maximum Gasteiger partial charge on any atom is 0.329 e. The van der Waals surface area contributed by atoms with E-state index in [1.165, 1.54) is 23.9 Å². The molecule has 0 aromatic heterocycles. The Bertz CT molecular complexity index is 864. The molecule has 5 amide bonds.